The standard InChI is InChI=1S/C12H24N2OS/c1-11(2,3)16(15)14-10-8-12(9-10)4-6-13-7-5-12/h10,13-14H,4-9H2,1-3H3. The molecule has 2 fully saturated rings. The fourth-order valence-corrected chi connectivity index (χ4v) is 3.59. The van der Waals surface area contributed by atoms with E-state index in [-0.39, 0.29) is 4.75 Å². The molecule has 16 heavy (non-hydrogen) atoms. The summed E-state index contributed by atoms with van der Waals surface area (Å²) in [7, 11) is 0. The van der Waals surface area contributed by atoms with E-state index in [1.807, 2.05) is 20.8 Å². The molecule has 1 aliphatic heterocycles. The van der Waals surface area contributed by atoms with Crippen molar-refractivity contribution in [1.82, 2.24) is 10.0 Å². The van der Waals surface area contributed by atoms with Crippen molar-refractivity contribution in [3.05, 3.63) is 0 Å². The number of hydrogen-bond donors (Lipinski definition) is 2. The Labute approximate surface area is 102 Å². The molecule has 0 amide bonds. The van der Waals surface area contributed by atoms with Crippen molar-refractivity contribution < 1.29 is 4.55 Å². The highest BCUT2D eigenvalue weighted by Crippen LogP contribution is 2.48. The van der Waals surface area contributed by atoms with Crippen LogP contribution in [-0.4, -0.2) is 28.4 Å². The summed E-state index contributed by atoms with van der Waals surface area (Å²) in [5, 5.41) is 3.41. The molecule has 1 atom stereocenters. The molecule has 2 rings (SSSR count). The Hall–Kier alpha value is 0.230. The van der Waals surface area contributed by atoms with Crippen molar-refractivity contribution >= 4 is 11.4 Å². The Bertz CT molecular complexity index is 238. The summed E-state index contributed by atoms with van der Waals surface area (Å²) in [6.07, 6.45) is 5.04. The van der Waals surface area contributed by atoms with E-state index in [9.17, 15) is 4.55 Å². The van der Waals surface area contributed by atoms with E-state index in [2.05, 4.69) is 10.0 Å². The minimum atomic E-state index is -0.903. The third-order valence-electron chi connectivity index (χ3n) is 3.85. The van der Waals surface area contributed by atoms with Crippen LogP contribution in [0, 0.1) is 5.41 Å². The molecule has 2 aliphatic rings. The molecule has 1 saturated carbocycles. The van der Waals surface area contributed by atoms with Crippen molar-refractivity contribution in [2.45, 2.75) is 57.2 Å². The summed E-state index contributed by atoms with van der Waals surface area (Å²) < 4.78 is 15.1. The number of nitrogens with one attached hydrogen (secondary N) is 2. The van der Waals surface area contributed by atoms with Gasteiger partial charge in [0.15, 0.2) is 0 Å². The van der Waals surface area contributed by atoms with Gasteiger partial charge < -0.3 is 9.87 Å². The summed E-state index contributed by atoms with van der Waals surface area (Å²) in [5.74, 6) is 0. The minimum Gasteiger partial charge on any atom is -0.598 e. The highest BCUT2D eigenvalue weighted by atomic mass is 32.2. The van der Waals surface area contributed by atoms with E-state index in [1.54, 1.807) is 0 Å². The van der Waals surface area contributed by atoms with E-state index in [0.717, 1.165) is 13.1 Å². The Morgan fingerprint density at radius 3 is 2.31 bits per heavy atom. The van der Waals surface area contributed by atoms with Crippen LogP contribution in [0.3, 0.4) is 0 Å². The first-order valence-electron chi connectivity index (χ1n) is 6.30. The number of rotatable bonds is 2. The molecule has 0 aromatic rings. The van der Waals surface area contributed by atoms with Crippen LogP contribution in [0.25, 0.3) is 0 Å². The van der Waals surface area contributed by atoms with E-state index >= 15 is 0 Å². The van der Waals surface area contributed by atoms with Gasteiger partial charge in [-0.25, -0.2) is 0 Å². The SMILES string of the molecule is CC(C)(C)[S+]([O-])NC1CC2(CCNCC2)C1. The molecule has 1 saturated heterocycles. The zero-order valence-electron chi connectivity index (χ0n) is 10.6. The lowest BCUT2D eigenvalue weighted by molar-refractivity contribution is 0.0560. The maximum absolute atomic E-state index is 11.9. The van der Waals surface area contributed by atoms with Gasteiger partial charge in [0.2, 0.25) is 0 Å². The maximum atomic E-state index is 11.9. The first-order valence-corrected chi connectivity index (χ1v) is 7.45. The minimum absolute atomic E-state index is 0.142. The second-order valence-electron chi connectivity index (χ2n) is 6.35. The summed E-state index contributed by atoms with van der Waals surface area (Å²) >= 11 is -0.903. The van der Waals surface area contributed by atoms with Gasteiger partial charge in [-0.05, 0) is 65.0 Å². The molecule has 0 bridgehead atoms. The van der Waals surface area contributed by atoms with Gasteiger partial charge in [0, 0.05) is 11.4 Å². The Balaban J connectivity index is 1.76. The first kappa shape index (κ1) is 12.7. The molecule has 1 aliphatic carbocycles. The number of piperidine rings is 1. The summed E-state index contributed by atoms with van der Waals surface area (Å²) in [5.41, 5.74) is 0.574. The van der Waals surface area contributed by atoms with Crippen molar-refractivity contribution in [3.8, 4) is 0 Å². The molecular weight excluding hydrogens is 220 g/mol. The third-order valence-corrected chi connectivity index (χ3v) is 5.51. The molecule has 0 aromatic heterocycles. The van der Waals surface area contributed by atoms with Crippen LogP contribution in [0.5, 0.6) is 0 Å². The molecular formula is C12H24N2OS. The molecule has 1 unspecified atom stereocenters. The highest BCUT2D eigenvalue weighted by molar-refractivity contribution is 7.90. The molecule has 0 aromatic carbocycles. The average Bonchev–Trinajstić information content (AvgIpc) is 2.15. The molecule has 1 spiro atoms. The third kappa shape index (κ3) is 2.73. The van der Waals surface area contributed by atoms with Crippen LogP contribution in [0.15, 0.2) is 0 Å². The lowest BCUT2D eigenvalue weighted by Gasteiger charge is -2.50. The van der Waals surface area contributed by atoms with E-state index in [1.165, 1.54) is 25.7 Å². The van der Waals surface area contributed by atoms with Gasteiger partial charge in [0.25, 0.3) is 0 Å². The fraction of sp³-hybridized carbons (Fsp3) is 1.00. The van der Waals surface area contributed by atoms with Crippen LogP contribution in [0.1, 0.15) is 46.5 Å². The second-order valence-corrected chi connectivity index (χ2v) is 8.35. The van der Waals surface area contributed by atoms with Gasteiger partial charge in [-0.2, -0.15) is 0 Å². The zero-order valence-corrected chi connectivity index (χ0v) is 11.5. The van der Waals surface area contributed by atoms with Gasteiger partial charge in [-0.3, -0.25) is 0 Å². The summed E-state index contributed by atoms with van der Waals surface area (Å²) in [4.78, 5) is 0. The van der Waals surface area contributed by atoms with E-state index in [0.29, 0.717) is 11.5 Å². The quantitative estimate of drug-likeness (QED) is 0.725. The van der Waals surface area contributed by atoms with Crippen molar-refractivity contribution in [2.75, 3.05) is 13.1 Å². The van der Waals surface area contributed by atoms with Gasteiger partial charge in [0.1, 0.15) is 4.75 Å². The smallest absolute Gasteiger partial charge is 0.136 e. The van der Waals surface area contributed by atoms with E-state index < -0.39 is 11.4 Å². The maximum Gasteiger partial charge on any atom is 0.136 e. The van der Waals surface area contributed by atoms with Gasteiger partial charge >= 0.3 is 0 Å². The zero-order chi connectivity index (χ0) is 11.8. The van der Waals surface area contributed by atoms with Gasteiger partial charge in [0.05, 0.1) is 6.04 Å². The van der Waals surface area contributed by atoms with Gasteiger partial charge in [-0.1, -0.05) is 0 Å². The Kier molecular flexibility index (Phi) is 3.55. The summed E-state index contributed by atoms with van der Waals surface area (Å²) in [6.45, 7) is 8.39. The van der Waals surface area contributed by atoms with Crippen LogP contribution in [-0.2, 0) is 11.4 Å². The lowest BCUT2D eigenvalue weighted by Crippen LogP contribution is -2.56. The van der Waals surface area contributed by atoms with Crippen LogP contribution in [0.4, 0.5) is 0 Å². The van der Waals surface area contributed by atoms with E-state index in [4.69, 9.17) is 0 Å². The topological polar surface area (TPSA) is 47.1 Å². The monoisotopic (exact) mass is 244 g/mol. The average molecular weight is 244 g/mol. The van der Waals surface area contributed by atoms with Gasteiger partial charge in [-0.15, -0.1) is 4.72 Å². The molecule has 3 nitrogen and oxygen atoms in total. The lowest BCUT2D eigenvalue weighted by atomic mass is 9.61. The van der Waals surface area contributed by atoms with Crippen molar-refractivity contribution in [3.63, 3.8) is 0 Å². The molecule has 0 radical (unpaired) electrons. The highest BCUT2D eigenvalue weighted by Gasteiger charge is 2.46. The summed E-state index contributed by atoms with van der Waals surface area (Å²) in [6, 6.07) is 0.484. The Morgan fingerprint density at radius 1 is 1.25 bits per heavy atom. The molecule has 4 heteroatoms. The van der Waals surface area contributed by atoms with Crippen molar-refractivity contribution in [2.24, 2.45) is 5.41 Å². The molecule has 1 heterocycles. The second kappa shape index (κ2) is 4.48. The Morgan fingerprint density at radius 2 is 1.81 bits per heavy atom. The molecule has 94 valence electrons. The van der Waals surface area contributed by atoms with Crippen LogP contribution in [0.2, 0.25) is 0 Å². The van der Waals surface area contributed by atoms with Crippen LogP contribution >= 0.6 is 0 Å². The number of hydrogen-bond acceptors (Lipinski definition) is 3. The van der Waals surface area contributed by atoms with Crippen molar-refractivity contribution in [1.29, 1.82) is 0 Å². The predicted octanol–water partition coefficient (Wildman–Crippen LogP) is 1.57. The fourth-order valence-electron chi connectivity index (χ4n) is 2.76. The largest absolute Gasteiger partial charge is 0.598 e. The predicted molar refractivity (Wildman–Crippen MR) is 68.6 cm³/mol. The van der Waals surface area contributed by atoms with Crippen LogP contribution < -0.4 is 10.0 Å². The first-order chi connectivity index (χ1) is 7.41. The normalized spacial score (nSPS) is 27.8. The molecule has 2 N–H and O–H groups in total.